The summed E-state index contributed by atoms with van der Waals surface area (Å²) >= 11 is 0. The quantitative estimate of drug-likeness (QED) is 0.896. The number of nitrogens with zero attached hydrogens (tertiary/aromatic N) is 3. The number of nitrogens with one attached hydrogen (secondary N) is 1. The van der Waals surface area contributed by atoms with Crippen LogP contribution in [0.25, 0.3) is 11.3 Å². The van der Waals surface area contributed by atoms with Crippen LogP contribution >= 0.6 is 0 Å². The summed E-state index contributed by atoms with van der Waals surface area (Å²) in [6.07, 6.45) is 0. The maximum absolute atomic E-state index is 11.6. The Hall–Kier alpha value is -2.21. The van der Waals surface area contributed by atoms with Crippen molar-refractivity contribution in [3.05, 3.63) is 35.5 Å². The van der Waals surface area contributed by atoms with E-state index in [0.717, 1.165) is 5.56 Å². The molecule has 1 heterocycles. The molecule has 0 aliphatic heterocycles. The van der Waals surface area contributed by atoms with E-state index in [1.54, 1.807) is 7.05 Å². The lowest BCUT2D eigenvalue weighted by Gasteiger charge is -2.19. The highest BCUT2D eigenvalue weighted by Gasteiger charge is 2.18. The molecule has 0 saturated heterocycles. The molecular formula is C16H22N4O2. The smallest absolute Gasteiger partial charge is 0.241 e. The molecule has 0 atom stereocenters. The number of likely N-dealkylation sites (N-methyl/N-ethyl adjacent to an activating group) is 1. The van der Waals surface area contributed by atoms with Gasteiger partial charge in [0.1, 0.15) is 12.2 Å². The van der Waals surface area contributed by atoms with E-state index in [1.807, 2.05) is 24.3 Å². The number of aromatic nitrogens is 3. The third-order valence-electron chi connectivity index (χ3n) is 3.55. The molecule has 0 unspecified atom stereocenters. The molecule has 2 aromatic rings. The topological polar surface area (TPSA) is 80.0 Å². The Morgan fingerprint density at radius 1 is 1.27 bits per heavy atom. The zero-order valence-electron chi connectivity index (χ0n) is 13.4. The molecule has 0 aliphatic carbocycles. The zero-order chi connectivity index (χ0) is 16.3. The van der Waals surface area contributed by atoms with Crippen molar-refractivity contribution < 1.29 is 9.90 Å². The first-order chi connectivity index (χ1) is 10.4. The number of hydrogen-bond donors (Lipinski definition) is 2. The summed E-state index contributed by atoms with van der Waals surface area (Å²) in [6, 6.07) is 8.04. The first-order valence-electron chi connectivity index (χ1n) is 7.21. The maximum atomic E-state index is 11.6. The Labute approximate surface area is 130 Å². The number of carbonyl (C=O) groups is 1. The molecule has 118 valence electrons. The fraction of sp³-hybridized carbons (Fsp3) is 0.438. The van der Waals surface area contributed by atoms with Gasteiger partial charge in [-0.05, 0) is 11.0 Å². The van der Waals surface area contributed by atoms with Crippen LogP contribution in [0.5, 0.6) is 0 Å². The highest BCUT2D eigenvalue weighted by Crippen LogP contribution is 2.27. The normalized spacial score (nSPS) is 11.5. The van der Waals surface area contributed by atoms with E-state index in [2.05, 4.69) is 36.4 Å². The summed E-state index contributed by atoms with van der Waals surface area (Å²) in [4.78, 5) is 11.6. The summed E-state index contributed by atoms with van der Waals surface area (Å²) in [5, 5.41) is 19.9. The third-order valence-corrected chi connectivity index (χ3v) is 3.55. The van der Waals surface area contributed by atoms with Crippen molar-refractivity contribution in [1.82, 2.24) is 20.3 Å². The van der Waals surface area contributed by atoms with Gasteiger partial charge in [-0.3, -0.25) is 4.79 Å². The standard InChI is InChI=1S/C16H22N4O2/c1-16(2,3)12-7-5-11(6-8-12)15-13(10-21)18-19-20(15)9-14(22)17-4/h5-8,21H,9-10H2,1-4H3,(H,17,22). The Bertz CT molecular complexity index is 654. The molecule has 0 spiro atoms. The summed E-state index contributed by atoms with van der Waals surface area (Å²) in [6.45, 7) is 6.31. The van der Waals surface area contributed by atoms with Crippen LogP contribution in [-0.2, 0) is 23.4 Å². The van der Waals surface area contributed by atoms with E-state index in [1.165, 1.54) is 10.2 Å². The first-order valence-corrected chi connectivity index (χ1v) is 7.21. The van der Waals surface area contributed by atoms with Gasteiger partial charge in [-0.2, -0.15) is 0 Å². The summed E-state index contributed by atoms with van der Waals surface area (Å²) in [5.41, 5.74) is 3.30. The number of amides is 1. The Balaban J connectivity index is 2.42. The lowest BCUT2D eigenvalue weighted by atomic mass is 9.86. The van der Waals surface area contributed by atoms with Crippen LogP contribution < -0.4 is 5.32 Å². The van der Waals surface area contributed by atoms with Crippen LogP contribution in [0.1, 0.15) is 32.0 Å². The first kappa shape index (κ1) is 16.2. The molecule has 1 aromatic heterocycles. The molecule has 0 radical (unpaired) electrons. The predicted molar refractivity (Wildman–Crippen MR) is 84.1 cm³/mol. The van der Waals surface area contributed by atoms with Gasteiger partial charge in [-0.1, -0.05) is 50.3 Å². The minimum Gasteiger partial charge on any atom is -0.390 e. The fourth-order valence-corrected chi connectivity index (χ4v) is 2.23. The van der Waals surface area contributed by atoms with Crippen molar-refractivity contribution in [2.75, 3.05) is 7.05 Å². The van der Waals surface area contributed by atoms with Gasteiger partial charge in [-0.15, -0.1) is 5.10 Å². The monoisotopic (exact) mass is 302 g/mol. The number of aliphatic hydroxyl groups excluding tert-OH is 1. The number of benzene rings is 1. The SMILES string of the molecule is CNC(=O)Cn1nnc(CO)c1-c1ccc(C(C)(C)C)cc1. The minimum atomic E-state index is -0.218. The lowest BCUT2D eigenvalue weighted by molar-refractivity contribution is -0.121. The van der Waals surface area contributed by atoms with Crippen LogP contribution in [0.15, 0.2) is 24.3 Å². The van der Waals surface area contributed by atoms with Crippen LogP contribution in [0.4, 0.5) is 0 Å². The second-order valence-corrected chi connectivity index (χ2v) is 6.20. The predicted octanol–water partition coefficient (Wildman–Crippen LogP) is 1.48. The number of rotatable bonds is 4. The van der Waals surface area contributed by atoms with Crippen molar-refractivity contribution in [2.24, 2.45) is 0 Å². The molecule has 6 heteroatoms. The maximum Gasteiger partial charge on any atom is 0.241 e. The van der Waals surface area contributed by atoms with Crippen molar-refractivity contribution in [2.45, 2.75) is 39.3 Å². The molecule has 6 nitrogen and oxygen atoms in total. The summed E-state index contributed by atoms with van der Waals surface area (Å²) in [7, 11) is 1.57. The van der Waals surface area contributed by atoms with E-state index >= 15 is 0 Å². The van der Waals surface area contributed by atoms with Gasteiger partial charge in [0.05, 0.1) is 12.3 Å². The van der Waals surface area contributed by atoms with E-state index in [4.69, 9.17) is 0 Å². The molecule has 22 heavy (non-hydrogen) atoms. The number of carbonyl (C=O) groups excluding carboxylic acids is 1. The van der Waals surface area contributed by atoms with Crippen molar-refractivity contribution >= 4 is 5.91 Å². The van der Waals surface area contributed by atoms with Gasteiger partial charge in [0.15, 0.2) is 0 Å². The minimum absolute atomic E-state index is 0.0684. The molecule has 0 bridgehead atoms. The molecule has 2 N–H and O–H groups in total. The number of aliphatic hydroxyl groups is 1. The Morgan fingerprint density at radius 2 is 1.91 bits per heavy atom. The molecule has 0 saturated carbocycles. The Morgan fingerprint density at radius 3 is 2.41 bits per heavy atom. The van der Waals surface area contributed by atoms with Crippen LogP contribution in [0.3, 0.4) is 0 Å². The van der Waals surface area contributed by atoms with Crippen molar-refractivity contribution in [3.63, 3.8) is 0 Å². The molecule has 0 aliphatic rings. The van der Waals surface area contributed by atoms with E-state index in [9.17, 15) is 9.90 Å². The average molecular weight is 302 g/mol. The van der Waals surface area contributed by atoms with Gasteiger partial charge in [-0.25, -0.2) is 4.68 Å². The number of hydrogen-bond acceptors (Lipinski definition) is 4. The molecule has 1 amide bonds. The fourth-order valence-electron chi connectivity index (χ4n) is 2.23. The van der Waals surface area contributed by atoms with E-state index in [-0.39, 0.29) is 24.5 Å². The Kier molecular flexibility index (Phi) is 4.61. The van der Waals surface area contributed by atoms with Crippen LogP contribution in [-0.4, -0.2) is 33.1 Å². The zero-order valence-corrected chi connectivity index (χ0v) is 13.4. The summed E-state index contributed by atoms with van der Waals surface area (Å²) < 4.78 is 1.51. The second-order valence-electron chi connectivity index (χ2n) is 6.20. The highest BCUT2D eigenvalue weighted by atomic mass is 16.3. The van der Waals surface area contributed by atoms with E-state index < -0.39 is 0 Å². The van der Waals surface area contributed by atoms with Gasteiger partial charge in [0, 0.05) is 12.6 Å². The average Bonchev–Trinajstić information content (AvgIpc) is 2.89. The molecule has 1 aromatic carbocycles. The summed E-state index contributed by atoms with van der Waals surface area (Å²) in [5.74, 6) is -0.165. The molecule has 2 rings (SSSR count). The van der Waals surface area contributed by atoms with Crippen LogP contribution in [0, 0.1) is 0 Å². The van der Waals surface area contributed by atoms with Gasteiger partial charge >= 0.3 is 0 Å². The van der Waals surface area contributed by atoms with Crippen LogP contribution in [0.2, 0.25) is 0 Å². The third kappa shape index (κ3) is 3.33. The second kappa shape index (κ2) is 6.27. The van der Waals surface area contributed by atoms with Gasteiger partial charge < -0.3 is 10.4 Å². The van der Waals surface area contributed by atoms with Crippen molar-refractivity contribution in [1.29, 1.82) is 0 Å². The van der Waals surface area contributed by atoms with Gasteiger partial charge in [0.2, 0.25) is 5.91 Å². The highest BCUT2D eigenvalue weighted by molar-refractivity contribution is 5.76. The van der Waals surface area contributed by atoms with Gasteiger partial charge in [0.25, 0.3) is 0 Å². The van der Waals surface area contributed by atoms with Crippen molar-refractivity contribution in [3.8, 4) is 11.3 Å². The molecule has 0 fully saturated rings. The largest absolute Gasteiger partial charge is 0.390 e. The lowest BCUT2D eigenvalue weighted by Crippen LogP contribution is -2.24. The molecular weight excluding hydrogens is 280 g/mol. The van der Waals surface area contributed by atoms with E-state index in [0.29, 0.717) is 11.4 Å².